The monoisotopic (exact) mass is 343 g/mol. The zero-order chi connectivity index (χ0) is 16.7. The van der Waals surface area contributed by atoms with E-state index in [4.69, 9.17) is 0 Å². The van der Waals surface area contributed by atoms with Gasteiger partial charge in [-0.05, 0) is 37.3 Å². The lowest BCUT2D eigenvalue weighted by Gasteiger charge is -2.32. The molecule has 0 aromatic carbocycles. The van der Waals surface area contributed by atoms with E-state index in [1.54, 1.807) is 12.4 Å². The summed E-state index contributed by atoms with van der Waals surface area (Å²) in [6.07, 6.45) is 5.12. The third-order valence-electron chi connectivity index (χ3n) is 4.51. The van der Waals surface area contributed by atoms with E-state index in [2.05, 4.69) is 19.9 Å². The lowest BCUT2D eigenvalue weighted by Crippen LogP contribution is -2.37. The maximum atomic E-state index is 12.5. The number of hydrogen-bond acceptors (Lipinski definition) is 5. The molecule has 1 amide bonds. The number of fused-ring (bicyclic) bond motifs is 1. The van der Waals surface area contributed by atoms with Gasteiger partial charge in [0.25, 0.3) is 5.91 Å². The molecule has 1 saturated heterocycles. The zero-order valence-electron chi connectivity index (χ0n) is 13.2. The van der Waals surface area contributed by atoms with Gasteiger partial charge in [0.05, 0.1) is 16.7 Å². The van der Waals surface area contributed by atoms with Crippen LogP contribution in [0.1, 0.15) is 39.0 Å². The molecule has 1 fully saturated rings. The number of nitrogens with one attached hydrogen (secondary N) is 2. The Bertz CT molecular complexity index is 949. The minimum absolute atomic E-state index is 0.0639. The van der Waals surface area contributed by atoms with Gasteiger partial charge in [0, 0.05) is 19.3 Å². The van der Waals surface area contributed by atoms with Crippen LogP contribution >= 0.6 is 11.3 Å². The number of nitrogens with zero attached hydrogens (tertiary/aromatic N) is 3. The lowest BCUT2D eigenvalue weighted by molar-refractivity contribution is 0.0718. The maximum Gasteiger partial charge on any atom is 0.325 e. The number of aryl methyl sites for hydroxylation is 1. The van der Waals surface area contributed by atoms with Crippen molar-refractivity contribution in [3.8, 4) is 0 Å². The average molecular weight is 343 g/mol. The summed E-state index contributed by atoms with van der Waals surface area (Å²) in [5, 5.41) is 0.906. The van der Waals surface area contributed by atoms with Crippen molar-refractivity contribution >= 4 is 28.4 Å². The van der Waals surface area contributed by atoms with Crippen LogP contribution in [0.3, 0.4) is 0 Å². The first kappa shape index (κ1) is 15.1. The highest BCUT2D eigenvalue weighted by atomic mass is 32.1. The van der Waals surface area contributed by atoms with Gasteiger partial charge in [0.1, 0.15) is 4.88 Å². The number of hydrogen-bond donors (Lipinski definition) is 2. The van der Waals surface area contributed by atoms with Gasteiger partial charge >= 0.3 is 5.69 Å². The van der Waals surface area contributed by atoms with Crippen LogP contribution in [0, 0.1) is 6.92 Å². The summed E-state index contributed by atoms with van der Waals surface area (Å²) in [6.45, 7) is 3.32. The summed E-state index contributed by atoms with van der Waals surface area (Å²) in [6, 6.07) is 1.96. The normalized spacial score (nSPS) is 16.0. The van der Waals surface area contributed by atoms with E-state index in [1.807, 2.05) is 17.9 Å². The van der Waals surface area contributed by atoms with E-state index in [9.17, 15) is 9.59 Å². The van der Waals surface area contributed by atoms with Crippen molar-refractivity contribution in [2.75, 3.05) is 13.1 Å². The Hall–Kier alpha value is -2.48. The van der Waals surface area contributed by atoms with Crippen LogP contribution in [0.5, 0.6) is 0 Å². The molecule has 0 unspecified atom stereocenters. The second kappa shape index (κ2) is 5.86. The van der Waals surface area contributed by atoms with Crippen LogP contribution in [0.4, 0.5) is 0 Å². The molecule has 3 aromatic heterocycles. The van der Waals surface area contributed by atoms with E-state index < -0.39 is 0 Å². The second-order valence-electron chi connectivity index (χ2n) is 6.01. The number of aromatic nitrogens is 4. The summed E-state index contributed by atoms with van der Waals surface area (Å²) < 4.78 is 0. The standard InChI is InChI=1S/C16H17N5O2S/c1-9-18-8-12(24-9)15(22)21-6-3-10(4-7-21)11-2-5-17-14-13(11)19-16(23)20-14/h2,5,8,10H,3-4,6-7H2,1H3,(H2,17,19,20,23). The highest BCUT2D eigenvalue weighted by molar-refractivity contribution is 7.13. The molecule has 0 bridgehead atoms. The summed E-state index contributed by atoms with van der Waals surface area (Å²) in [5.41, 5.74) is 2.23. The Morgan fingerprint density at radius 3 is 2.79 bits per heavy atom. The lowest BCUT2D eigenvalue weighted by atomic mass is 9.89. The third kappa shape index (κ3) is 2.62. The molecule has 4 heterocycles. The Balaban J connectivity index is 1.51. The molecule has 0 atom stereocenters. The molecule has 0 radical (unpaired) electrons. The zero-order valence-corrected chi connectivity index (χ0v) is 14.0. The Labute approximate surface area is 141 Å². The SMILES string of the molecule is Cc1ncc(C(=O)N2CCC(c3ccnc4[nH]c(=O)[nH]c34)CC2)s1. The predicted molar refractivity (Wildman–Crippen MR) is 91.4 cm³/mol. The molecule has 24 heavy (non-hydrogen) atoms. The van der Waals surface area contributed by atoms with Gasteiger partial charge in [-0.2, -0.15) is 0 Å². The smallest absolute Gasteiger partial charge is 0.325 e. The third-order valence-corrected chi connectivity index (χ3v) is 5.41. The van der Waals surface area contributed by atoms with E-state index in [0.29, 0.717) is 29.5 Å². The summed E-state index contributed by atoms with van der Waals surface area (Å²) in [4.78, 5) is 40.5. The van der Waals surface area contributed by atoms with Crippen LogP contribution in [0.2, 0.25) is 0 Å². The Kier molecular flexibility index (Phi) is 3.68. The molecule has 8 heteroatoms. The van der Waals surface area contributed by atoms with Crippen molar-refractivity contribution in [3.63, 3.8) is 0 Å². The molecule has 1 aliphatic heterocycles. The topological polar surface area (TPSA) is 94.7 Å². The quantitative estimate of drug-likeness (QED) is 0.744. The van der Waals surface area contributed by atoms with E-state index >= 15 is 0 Å². The van der Waals surface area contributed by atoms with Gasteiger partial charge in [-0.15, -0.1) is 11.3 Å². The molecule has 0 aliphatic carbocycles. The van der Waals surface area contributed by atoms with Gasteiger partial charge < -0.3 is 9.88 Å². The first-order chi connectivity index (χ1) is 11.6. The number of carbonyl (C=O) groups excluding carboxylic acids is 1. The number of thiazole rings is 1. The molecule has 4 rings (SSSR count). The van der Waals surface area contributed by atoms with Gasteiger partial charge in [-0.25, -0.2) is 14.8 Å². The number of piperidine rings is 1. The molecule has 2 N–H and O–H groups in total. The van der Waals surface area contributed by atoms with Crippen molar-refractivity contribution in [1.29, 1.82) is 0 Å². The van der Waals surface area contributed by atoms with Crippen LogP contribution in [0.25, 0.3) is 11.2 Å². The minimum Gasteiger partial charge on any atom is -0.338 e. The fraction of sp³-hybridized carbons (Fsp3) is 0.375. The molecular formula is C16H17N5O2S. The number of aromatic amines is 2. The number of carbonyl (C=O) groups is 1. The van der Waals surface area contributed by atoms with Crippen molar-refractivity contribution in [1.82, 2.24) is 24.8 Å². The van der Waals surface area contributed by atoms with E-state index in [1.165, 1.54) is 11.3 Å². The number of rotatable bonds is 2. The highest BCUT2D eigenvalue weighted by Crippen LogP contribution is 2.31. The average Bonchev–Trinajstić information content (AvgIpc) is 3.18. The van der Waals surface area contributed by atoms with Gasteiger partial charge in [-0.1, -0.05) is 0 Å². The molecule has 3 aromatic rings. The number of pyridine rings is 1. The van der Waals surface area contributed by atoms with Crippen molar-refractivity contribution in [2.24, 2.45) is 0 Å². The molecule has 0 spiro atoms. The number of imidazole rings is 1. The van der Waals surface area contributed by atoms with Crippen molar-refractivity contribution < 1.29 is 4.79 Å². The largest absolute Gasteiger partial charge is 0.338 e. The molecule has 124 valence electrons. The van der Waals surface area contributed by atoms with Crippen molar-refractivity contribution in [2.45, 2.75) is 25.7 Å². The summed E-state index contributed by atoms with van der Waals surface area (Å²) in [7, 11) is 0. The fourth-order valence-corrected chi connectivity index (χ4v) is 4.05. The molecule has 0 saturated carbocycles. The Morgan fingerprint density at radius 1 is 1.29 bits per heavy atom. The molecule has 1 aliphatic rings. The molecular weight excluding hydrogens is 326 g/mol. The summed E-state index contributed by atoms with van der Waals surface area (Å²) >= 11 is 1.44. The minimum atomic E-state index is -0.238. The van der Waals surface area contributed by atoms with Gasteiger partial charge in [-0.3, -0.25) is 9.78 Å². The van der Waals surface area contributed by atoms with Crippen LogP contribution in [-0.2, 0) is 0 Å². The number of H-pyrrole nitrogens is 2. The fourth-order valence-electron chi connectivity index (χ4n) is 3.31. The summed E-state index contributed by atoms with van der Waals surface area (Å²) in [5.74, 6) is 0.378. The van der Waals surface area contributed by atoms with E-state index in [0.717, 1.165) is 28.9 Å². The highest BCUT2D eigenvalue weighted by Gasteiger charge is 2.27. The van der Waals surface area contributed by atoms with E-state index in [-0.39, 0.29) is 11.6 Å². The molecule has 7 nitrogen and oxygen atoms in total. The first-order valence-electron chi connectivity index (χ1n) is 7.90. The predicted octanol–water partition coefficient (Wildman–Crippen LogP) is 2.04. The number of amides is 1. The van der Waals surface area contributed by atoms with Gasteiger partial charge in [0.15, 0.2) is 5.65 Å². The maximum absolute atomic E-state index is 12.5. The van der Waals surface area contributed by atoms with Crippen LogP contribution in [-0.4, -0.2) is 43.8 Å². The van der Waals surface area contributed by atoms with Crippen molar-refractivity contribution in [3.05, 3.63) is 44.4 Å². The van der Waals surface area contributed by atoms with Crippen LogP contribution < -0.4 is 5.69 Å². The number of likely N-dealkylation sites (tertiary alicyclic amines) is 1. The van der Waals surface area contributed by atoms with Gasteiger partial charge in [0.2, 0.25) is 0 Å². The Morgan fingerprint density at radius 2 is 2.08 bits per heavy atom. The first-order valence-corrected chi connectivity index (χ1v) is 8.72. The van der Waals surface area contributed by atoms with Crippen LogP contribution in [0.15, 0.2) is 23.3 Å². The second-order valence-corrected chi connectivity index (χ2v) is 7.25.